The fraction of sp³-hybridized carbons (Fsp3) is 0. The molecular weight excluding hydrogens is 164 g/mol. The van der Waals surface area contributed by atoms with E-state index in [2.05, 4.69) is 18.2 Å². The average Bonchev–Trinajstić information content (AvgIpc) is 2.17. The quantitative estimate of drug-likeness (QED) is 0.594. The predicted octanol–water partition coefficient (Wildman–Crippen LogP) is 2.99. The van der Waals surface area contributed by atoms with Crippen molar-refractivity contribution in [3.8, 4) is 0 Å². The molecule has 0 bridgehead atoms. The van der Waals surface area contributed by atoms with E-state index in [0.29, 0.717) is 0 Å². The number of rotatable bonds is 1. The van der Waals surface area contributed by atoms with Crippen LogP contribution in [-0.2, 0) is 0 Å². The largest absolute Gasteiger partial charge is 0.0881 e. The average molecular weight is 171 g/mol. The van der Waals surface area contributed by atoms with Crippen LogP contribution in [0.5, 0.6) is 0 Å². The lowest BCUT2D eigenvalue weighted by molar-refractivity contribution is 1.72. The maximum atomic E-state index is 4.83. The van der Waals surface area contributed by atoms with Crippen molar-refractivity contribution in [1.29, 1.82) is 0 Å². The van der Waals surface area contributed by atoms with Crippen molar-refractivity contribution < 1.29 is 0 Å². The van der Waals surface area contributed by atoms with Crippen molar-refractivity contribution in [2.45, 2.75) is 0 Å². The Labute approximate surface area is 76.8 Å². The number of hydrogen-bond donors (Lipinski definition) is 0. The highest BCUT2D eigenvalue weighted by atomic mass is 32.1. The van der Waals surface area contributed by atoms with Crippen LogP contribution in [0.1, 0.15) is 5.56 Å². The molecule has 2 rings (SSSR count). The third-order valence-corrected chi connectivity index (χ3v) is 2.06. The van der Waals surface area contributed by atoms with Gasteiger partial charge in [0.25, 0.3) is 0 Å². The van der Waals surface area contributed by atoms with Gasteiger partial charge in [-0.3, -0.25) is 0 Å². The Bertz CT molecular complexity index is 418. The maximum Gasteiger partial charge on any atom is 0.00925 e. The molecule has 1 radical (unpaired) electrons. The fourth-order valence-corrected chi connectivity index (χ4v) is 1.34. The summed E-state index contributed by atoms with van der Waals surface area (Å²) in [5.74, 6) is 0. The molecule has 2 aromatic carbocycles. The second-order valence-corrected chi connectivity index (χ2v) is 2.85. The van der Waals surface area contributed by atoms with E-state index in [1.165, 1.54) is 5.39 Å². The minimum absolute atomic E-state index is 0.976. The first-order valence-electron chi connectivity index (χ1n) is 3.76. The van der Waals surface area contributed by atoms with Crippen molar-refractivity contribution in [3.05, 3.63) is 48.0 Å². The number of hydrogen-bond acceptors (Lipinski definition) is 1. The van der Waals surface area contributed by atoms with E-state index in [-0.39, 0.29) is 0 Å². The Hall–Kier alpha value is -1.21. The van der Waals surface area contributed by atoms with Gasteiger partial charge in [-0.05, 0) is 22.4 Å². The summed E-state index contributed by atoms with van der Waals surface area (Å²) >= 11 is 4.83. The van der Waals surface area contributed by atoms with Gasteiger partial charge in [-0.15, -0.1) is 0 Å². The van der Waals surface area contributed by atoms with E-state index in [9.17, 15) is 0 Å². The zero-order chi connectivity index (χ0) is 8.39. The van der Waals surface area contributed by atoms with E-state index in [4.69, 9.17) is 12.2 Å². The van der Waals surface area contributed by atoms with Crippen LogP contribution in [-0.4, -0.2) is 5.37 Å². The molecule has 0 unspecified atom stereocenters. The second kappa shape index (κ2) is 3.03. The number of benzene rings is 2. The lowest BCUT2D eigenvalue weighted by Crippen LogP contribution is -1.78. The van der Waals surface area contributed by atoms with Gasteiger partial charge in [0.2, 0.25) is 0 Å². The number of fused-ring (bicyclic) bond motifs is 1. The Morgan fingerprint density at radius 3 is 2.75 bits per heavy atom. The zero-order valence-electron chi connectivity index (χ0n) is 6.45. The molecule has 0 fully saturated rings. The van der Waals surface area contributed by atoms with Crippen LogP contribution in [0.2, 0.25) is 0 Å². The van der Waals surface area contributed by atoms with Crippen molar-refractivity contribution in [3.63, 3.8) is 0 Å². The van der Waals surface area contributed by atoms with E-state index < -0.39 is 0 Å². The molecule has 0 saturated heterocycles. The molecule has 0 spiro atoms. The minimum atomic E-state index is 0.976. The molecular formula is C11H7S. The minimum Gasteiger partial charge on any atom is -0.0881 e. The predicted molar refractivity (Wildman–Crippen MR) is 55.5 cm³/mol. The summed E-state index contributed by atoms with van der Waals surface area (Å²) in [7, 11) is 0. The first-order valence-corrected chi connectivity index (χ1v) is 4.23. The molecule has 0 aliphatic heterocycles. The fourth-order valence-electron chi connectivity index (χ4n) is 1.20. The summed E-state index contributed by atoms with van der Waals surface area (Å²) in [5, 5.41) is 3.97. The van der Waals surface area contributed by atoms with Crippen LogP contribution < -0.4 is 0 Å². The smallest absolute Gasteiger partial charge is 0.00925 e. The van der Waals surface area contributed by atoms with Gasteiger partial charge in [-0.25, -0.2) is 0 Å². The summed E-state index contributed by atoms with van der Waals surface area (Å²) in [6, 6.07) is 15.4. The highest BCUT2D eigenvalue weighted by molar-refractivity contribution is 7.79. The van der Waals surface area contributed by atoms with Crippen molar-refractivity contribution >= 4 is 28.4 Å². The van der Waals surface area contributed by atoms with Gasteiger partial charge in [0.1, 0.15) is 0 Å². The van der Waals surface area contributed by atoms with E-state index in [1.807, 2.05) is 24.3 Å². The molecule has 0 aliphatic rings. The van der Waals surface area contributed by atoms with Crippen LogP contribution in [0.15, 0.2) is 36.4 Å². The van der Waals surface area contributed by atoms with E-state index >= 15 is 0 Å². The SMILES string of the molecule is S=Cc1[c]c2ccccc2cc1. The molecule has 0 saturated carbocycles. The number of thiocarbonyl (C=S) groups is 1. The molecule has 0 aromatic heterocycles. The van der Waals surface area contributed by atoms with Crippen LogP contribution in [0.4, 0.5) is 0 Å². The van der Waals surface area contributed by atoms with Gasteiger partial charge in [0.15, 0.2) is 0 Å². The molecule has 0 atom stereocenters. The van der Waals surface area contributed by atoms with E-state index in [1.54, 1.807) is 5.37 Å². The van der Waals surface area contributed by atoms with Crippen molar-refractivity contribution in [2.24, 2.45) is 0 Å². The van der Waals surface area contributed by atoms with Crippen molar-refractivity contribution in [2.75, 3.05) is 0 Å². The van der Waals surface area contributed by atoms with E-state index in [0.717, 1.165) is 10.9 Å². The molecule has 0 amide bonds. The van der Waals surface area contributed by atoms with Gasteiger partial charge in [-0.1, -0.05) is 48.6 Å². The molecule has 12 heavy (non-hydrogen) atoms. The zero-order valence-corrected chi connectivity index (χ0v) is 7.27. The van der Waals surface area contributed by atoms with Crippen LogP contribution in [0.3, 0.4) is 0 Å². The summed E-state index contributed by atoms with van der Waals surface area (Å²) in [6.45, 7) is 0. The lowest BCUT2D eigenvalue weighted by Gasteiger charge is -1.96. The molecule has 0 nitrogen and oxygen atoms in total. The lowest BCUT2D eigenvalue weighted by atomic mass is 10.1. The van der Waals surface area contributed by atoms with Crippen molar-refractivity contribution in [1.82, 2.24) is 0 Å². The second-order valence-electron chi connectivity index (χ2n) is 2.62. The monoisotopic (exact) mass is 171 g/mol. The van der Waals surface area contributed by atoms with Gasteiger partial charge in [-0.2, -0.15) is 0 Å². The standard InChI is InChI=1S/C11H7S/c12-8-9-5-6-10-3-1-2-4-11(10)7-9/h1-6,8H. The Kier molecular flexibility index (Phi) is 1.88. The summed E-state index contributed by atoms with van der Waals surface area (Å²) in [5.41, 5.74) is 0.976. The molecule has 0 N–H and O–H groups in total. The third-order valence-electron chi connectivity index (χ3n) is 1.81. The molecule has 57 valence electrons. The van der Waals surface area contributed by atoms with Gasteiger partial charge < -0.3 is 0 Å². The summed E-state index contributed by atoms with van der Waals surface area (Å²) < 4.78 is 0. The summed E-state index contributed by atoms with van der Waals surface area (Å²) in [6.07, 6.45) is 0. The summed E-state index contributed by atoms with van der Waals surface area (Å²) in [4.78, 5) is 0. The van der Waals surface area contributed by atoms with Crippen LogP contribution in [0, 0.1) is 6.07 Å². The first kappa shape index (κ1) is 7.44. The Morgan fingerprint density at radius 2 is 1.92 bits per heavy atom. The van der Waals surface area contributed by atoms with Gasteiger partial charge >= 0.3 is 0 Å². The Morgan fingerprint density at radius 1 is 1.08 bits per heavy atom. The maximum absolute atomic E-state index is 4.83. The third kappa shape index (κ3) is 1.23. The first-order chi connectivity index (χ1) is 5.90. The topological polar surface area (TPSA) is 0 Å². The molecule has 0 heterocycles. The normalized spacial score (nSPS) is 10.0. The Balaban J connectivity index is 2.75. The molecule has 2 aromatic rings. The highest BCUT2D eigenvalue weighted by Gasteiger charge is 1.92. The van der Waals surface area contributed by atoms with Gasteiger partial charge in [0, 0.05) is 5.37 Å². The molecule has 1 heteroatoms. The van der Waals surface area contributed by atoms with Gasteiger partial charge in [0.05, 0.1) is 0 Å². The molecule has 0 aliphatic carbocycles. The highest BCUT2D eigenvalue weighted by Crippen LogP contribution is 2.13. The van der Waals surface area contributed by atoms with Crippen LogP contribution >= 0.6 is 12.2 Å². The van der Waals surface area contributed by atoms with Crippen LogP contribution in [0.25, 0.3) is 10.8 Å².